The fraction of sp³-hybridized carbons (Fsp3) is 0.241. The fourth-order valence-corrected chi connectivity index (χ4v) is 5.43. The van der Waals surface area contributed by atoms with Crippen molar-refractivity contribution < 1.29 is 22.7 Å². The molecular formula is C29H27F3N6O2S. The number of amidine groups is 1. The Balaban J connectivity index is 1.31. The van der Waals surface area contributed by atoms with Crippen molar-refractivity contribution in [3.8, 4) is 5.75 Å². The molecular weight excluding hydrogens is 553 g/mol. The molecule has 1 aliphatic rings. The van der Waals surface area contributed by atoms with Crippen molar-refractivity contribution in [3.63, 3.8) is 0 Å². The maximum absolute atomic E-state index is 12.9. The van der Waals surface area contributed by atoms with E-state index in [0.717, 1.165) is 40.8 Å². The first-order chi connectivity index (χ1) is 19.6. The molecule has 2 heterocycles. The number of fused-ring (bicyclic) bond motifs is 1. The number of aryl methyl sites for hydroxylation is 1. The van der Waals surface area contributed by atoms with E-state index in [1.807, 2.05) is 18.2 Å². The van der Waals surface area contributed by atoms with Crippen molar-refractivity contribution in [2.75, 3.05) is 22.5 Å². The number of alkyl halides is 3. The van der Waals surface area contributed by atoms with Gasteiger partial charge >= 0.3 is 6.36 Å². The van der Waals surface area contributed by atoms with Crippen LogP contribution < -0.4 is 15.0 Å². The molecule has 0 spiro atoms. The summed E-state index contributed by atoms with van der Waals surface area (Å²) < 4.78 is 42.6. The second-order valence-electron chi connectivity index (χ2n) is 9.62. The van der Waals surface area contributed by atoms with E-state index in [0.29, 0.717) is 22.5 Å². The number of anilines is 2. The lowest BCUT2D eigenvalue weighted by molar-refractivity contribution is -0.274. The van der Waals surface area contributed by atoms with E-state index in [4.69, 9.17) is 0 Å². The minimum Gasteiger partial charge on any atom is -0.406 e. The van der Waals surface area contributed by atoms with Crippen LogP contribution in [0.5, 0.6) is 5.75 Å². The Morgan fingerprint density at radius 1 is 1.12 bits per heavy atom. The molecule has 1 aliphatic heterocycles. The molecule has 0 saturated carbocycles. The smallest absolute Gasteiger partial charge is 0.406 e. The second-order valence-corrected chi connectivity index (χ2v) is 10.7. The topological polar surface area (TPSA) is 84.1 Å². The first-order valence-electron chi connectivity index (χ1n) is 12.8. The van der Waals surface area contributed by atoms with Crippen LogP contribution in [0.1, 0.15) is 41.4 Å². The largest absolute Gasteiger partial charge is 0.573 e. The Labute approximate surface area is 238 Å². The van der Waals surface area contributed by atoms with Gasteiger partial charge in [-0.1, -0.05) is 49.9 Å². The highest BCUT2D eigenvalue weighted by molar-refractivity contribution is 8.14. The molecule has 212 valence electrons. The minimum absolute atomic E-state index is 0.184. The molecule has 0 aliphatic carbocycles. The van der Waals surface area contributed by atoms with Gasteiger partial charge in [0, 0.05) is 36.1 Å². The minimum atomic E-state index is -4.79. The highest BCUT2D eigenvalue weighted by Gasteiger charge is 2.31. The number of carbonyl (C=O) groups is 1. The average Bonchev–Trinajstić information content (AvgIpc) is 3.53. The SMILES string of the molecule is CC(C)c1ccccc1N1CCSC1=NN=Cc1ccc2c(C(=O)Nc3ccc(OC(F)(F)F)cc3)nn(C)c2c1. The van der Waals surface area contributed by atoms with E-state index in [1.54, 1.807) is 35.8 Å². The number of carbonyl (C=O) groups excluding carboxylic acids is 1. The van der Waals surface area contributed by atoms with Crippen molar-refractivity contribution in [2.24, 2.45) is 17.3 Å². The molecule has 0 unspecified atom stereocenters. The van der Waals surface area contributed by atoms with Crippen LogP contribution in [0.2, 0.25) is 0 Å². The number of nitrogens with one attached hydrogen (secondary N) is 1. The molecule has 0 atom stereocenters. The van der Waals surface area contributed by atoms with Crippen LogP contribution in [-0.2, 0) is 7.05 Å². The fourth-order valence-electron chi connectivity index (χ4n) is 4.53. The van der Waals surface area contributed by atoms with Gasteiger partial charge in [-0.3, -0.25) is 9.48 Å². The zero-order chi connectivity index (χ0) is 29.1. The molecule has 4 aromatic rings. The molecule has 0 bridgehead atoms. The Hall–Kier alpha value is -4.32. The summed E-state index contributed by atoms with van der Waals surface area (Å²) in [7, 11) is 1.72. The second kappa shape index (κ2) is 11.7. The number of rotatable bonds is 7. The number of para-hydroxylation sites is 1. The lowest BCUT2D eigenvalue weighted by atomic mass is 10.0. The first-order valence-corrected chi connectivity index (χ1v) is 13.8. The highest BCUT2D eigenvalue weighted by atomic mass is 32.2. The van der Waals surface area contributed by atoms with Crippen molar-refractivity contribution in [2.45, 2.75) is 26.1 Å². The number of aromatic nitrogens is 2. The normalized spacial score (nSPS) is 15.0. The van der Waals surface area contributed by atoms with Gasteiger partial charge in [0.15, 0.2) is 10.9 Å². The van der Waals surface area contributed by atoms with E-state index in [1.165, 1.54) is 17.7 Å². The number of amides is 1. The summed E-state index contributed by atoms with van der Waals surface area (Å²) in [5.41, 5.74) is 4.40. The van der Waals surface area contributed by atoms with Crippen molar-refractivity contribution in [3.05, 3.63) is 83.6 Å². The van der Waals surface area contributed by atoms with Crippen LogP contribution in [0.3, 0.4) is 0 Å². The summed E-state index contributed by atoms with van der Waals surface area (Å²) in [4.78, 5) is 15.1. The third-order valence-corrected chi connectivity index (χ3v) is 7.36. The van der Waals surface area contributed by atoms with Crippen molar-refractivity contribution in [1.29, 1.82) is 0 Å². The van der Waals surface area contributed by atoms with Gasteiger partial charge in [-0.2, -0.15) is 10.2 Å². The maximum Gasteiger partial charge on any atom is 0.573 e. The van der Waals surface area contributed by atoms with E-state index in [2.05, 4.69) is 62.3 Å². The summed E-state index contributed by atoms with van der Waals surface area (Å²) in [6.07, 6.45) is -3.13. The van der Waals surface area contributed by atoms with Crippen LogP contribution >= 0.6 is 11.8 Å². The van der Waals surface area contributed by atoms with E-state index in [-0.39, 0.29) is 11.4 Å². The van der Waals surface area contributed by atoms with Gasteiger partial charge in [-0.15, -0.1) is 18.3 Å². The van der Waals surface area contributed by atoms with Gasteiger partial charge in [0.05, 0.1) is 11.7 Å². The van der Waals surface area contributed by atoms with Crippen LogP contribution in [0.25, 0.3) is 10.9 Å². The Bertz CT molecular complexity index is 1630. The lowest BCUT2D eigenvalue weighted by Crippen LogP contribution is -2.24. The van der Waals surface area contributed by atoms with Crippen LogP contribution in [-0.4, -0.2) is 45.7 Å². The number of hydrogen-bond acceptors (Lipinski definition) is 6. The number of ether oxygens (including phenoxy) is 1. The lowest BCUT2D eigenvalue weighted by Gasteiger charge is -2.22. The first kappa shape index (κ1) is 28.2. The molecule has 1 aromatic heterocycles. The molecule has 1 fully saturated rings. The third-order valence-electron chi connectivity index (χ3n) is 6.41. The summed E-state index contributed by atoms with van der Waals surface area (Å²) in [5.74, 6) is 0.446. The van der Waals surface area contributed by atoms with Crippen LogP contribution in [0.15, 0.2) is 76.9 Å². The van der Waals surface area contributed by atoms with E-state index >= 15 is 0 Å². The van der Waals surface area contributed by atoms with Crippen LogP contribution in [0.4, 0.5) is 24.5 Å². The molecule has 3 aromatic carbocycles. The van der Waals surface area contributed by atoms with Gasteiger partial charge < -0.3 is 15.0 Å². The van der Waals surface area contributed by atoms with E-state index < -0.39 is 12.3 Å². The van der Waals surface area contributed by atoms with Gasteiger partial charge in [0.2, 0.25) is 0 Å². The predicted molar refractivity (Wildman–Crippen MR) is 157 cm³/mol. The number of nitrogens with zero attached hydrogens (tertiary/aromatic N) is 5. The highest BCUT2D eigenvalue weighted by Crippen LogP contribution is 2.32. The third kappa shape index (κ3) is 6.54. The zero-order valence-electron chi connectivity index (χ0n) is 22.5. The molecule has 5 rings (SSSR count). The quantitative estimate of drug-likeness (QED) is 0.192. The van der Waals surface area contributed by atoms with Crippen LogP contribution in [0, 0.1) is 0 Å². The predicted octanol–water partition coefficient (Wildman–Crippen LogP) is 6.79. The van der Waals surface area contributed by atoms with Gasteiger partial charge in [-0.05, 0) is 59.5 Å². The molecule has 1 saturated heterocycles. The Morgan fingerprint density at radius 3 is 2.61 bits per heavy atom. The number of benzene rings is 3. The standard InChI is InChI=1S/C29H27F3N6O2S/c1-18(2)22-6-4-5-7-24(22)38-14-15-41-28(38)35-33-17-19-8-13-23-25(16-19)37(3)36-26(23)27(39)34-20-9-11-21(12-10-20)40-29(30,31)32/h4-13,16-18H,14-15H2,1-3H3,(H,34,39). The van der Waals surface area contributed by atoms with Gasteiger partial charge in [0.25, 0.3) is 5.91 Å². The van der Waals surface area contributed by atoms with Crippen molar-refractivity contribution in [1.82, 2.24) is 9.78 Å². The zero-order valence-corrected chi connectivity index (χ0v) is 23.3. The molecule has 0 radical (unpaired) electrons. The summed E-state index contributed by atoms with van der Waals surface area (Å²) in [6, 6.07) is 18.7. The Morgan fingerprint density at radius 2 is 1.88 bits per heavy atom. The summed E-state index contributed by atoms with van der Waals surface area (Å²) in [6.45, 7) is 5.21. The van der Waals surface area contributed by atoms with Gasteiger partial charge in [0.1, 0.15) is 5.75 Å². The average molecular weight is 581 g/mol. The Kier molecular flexibility index (Phi) is 8.02. The summed E-state index contributed by atoms with van der Waals surface area (Å²) >= 11 is 1.66. The van der Waals surface area contributed by atoms with Crippen molar-refractivity contribution >= 4 is 51.3 Å². The number of thioether (sulfide) groups is 1. The molecule has 41 heavy (non-hydrogen) atoms. The molecule has 1 N–H and O–H groups in total. The maximum atomic E-state index is 12.9. The molecule has 12 heteroatoms. The summed E-state index contributed by atoms with van der Waals surface area (Å²) in [5, 5.41) is 17.3. The number of hydrogen-bond donors (Lipinski definition) is 1. The van der Waals surface area contributed by atoms with Gasteiger partial charge in [-0.25, -0.2) is 0 Å². The molecule has 8 nitrogen and oxygen atoms in total. The monoisotopic (exact) mass is 580 g/mol. The molecule has 1 amide bonds. The number of halogens is 3. The van der Waals surface area contributed by atoms with E-state index in [9.17, 15) is 18.0 Å².